The zero-order valence-corrected chi connectivity index (χ0v) is 11.3. The van der Waals surface area contributed by atoms with E-state index in [2.05, 4.69) is 5.10 Å². The summed E-state index contributed by atoms with van der Waals surface area (Å²) in [4.78, 5) is 10.9. The van der Waals surface area contributed by atoms with Gasteiger partial charge in [-0.1, -0.05) is 24.3 Å². The van der Waals surface area contributed by atoms with Gasteiger partial charge in [-0.2, -0.15) is 18.3 Å². The molecule has 1 atom stereocenters. The van der Waals surface area contributed by atoms with Gasteiger partial charge < -0.3 is 5.73 Å². The second-order valence-corrected chi connectivity index (χ2v) is 4.80. The minimum Gasteiger partial charge on any atom is -0.366 e. The van der Waals surface area contributed by atoms with Crippen LogP contribution in [0.3, 0.4) is 0 Å². The Hall–Kier alpha value is -2.31. The number of carbonyl (C=O) groups is 1. The molecule has 1 aromatic heterocycles. The topological polar surface area (TPSA) is 60.9 Å². The van der Waals surface area contributed by atoms with Crippen molar-refractivity contribution in [2.75, 3.05) is 0 Å². The second kappa shape index (κ2) is 5.59. The summed E-state index contributed by atoms with van der Waals surface area (Å²) in [5.41, 5.74) is 6.40. The van der Waals surface area contributed by atoms with Crippen molar-refractivity contribution >= 4 is 5.91 Å². The molecule has 4 nitrogen and oxygen atoms in total. The number of amides is 1. The maximum atomic E-state index is 12.6. The van der Waals surface area contributed by atoms with E-state index in [1.807, 2.05) is 0 Å². The quantitative estimate of drug-likeness (QED) is 0.943. The minimum atomic E-state index is -4.25. The molecule has 0 bridgehead atoms. The van der Waals surface area contributed by atoms with Crippen LogP contribution >= 0.6 is 0 Å². The number of halogens is 3. The maximum Gasteiger partial charge on any atom is 0.395 e. The normalized spacial score (nSPS) is 13.1. The number of hydrogen-bond donors (Lipinski definition) is 1. The number of aromatic nitrogens is 2. The molecule has 0 saturated heterocycles. The molecule has 2 rings (SSSR count). The van der Waals surface area contributed by atoms with Crippen molar-refractivity contribution in [3.63, 3.8) is 0 Å². The highest BCUT2D eigenvalue weighted by molar-refractivity contribution is 5.92. The van der Waals surface area contributed by atoms with E-state index >= 15 is 0 Å². The number of benzene rings is 1. The zero-order valence-electron chi connectivity index (χ0n) is 11.3. The number of alkyl halides is 3. The molecule has 2 aromatic rings. The van der Waals surface area contributed by atoms with Crippen molar-refractivity contribution in [2.24, 2.45) is 5.73 Å². The predicted octanol–water partition coefficient (Wildman–Crippen LogP) is 2.70. The standard InChI is InChI=1S/C14H14F3N3O/c1-9(14(15,16)17)11-4-2-10(3-5-11)7-20-8-12(6-19-20)13(18)21/h2-6,8-9H,7H2,1H3,(H2,18,21). The fraction of sp³-hybridized carbons (Fsp3) is 0.286. The van der Waals surface area contributed by atoms with Gasteiger partial charge in [0.1, 0.15) is 0 Å². The first-order chi connectivity index (χ1) is 9.77. The molecule has 21 heavy (non-hydrogen) atoms. The Morgan fingerprint density at radius 2 is 1.95 bits per heavy atom. The Balaban J connectivity index is 2.10. The van der Waals surface area contributed by atoms with Gasteiger partial charge in [0.15, 0.2) is 0 Å². The molecule has 0 aliphatic rings. The van der Waals surface area contributed by atoms with Crippen LogP contribution in [0.15, 0.2) is 36.7 Å². The summed E-state index contributed by atoms with van der Waals surface area (Å²) in [6, 6.07) is 6.13. The molecule has 1 amide bonds. The number of nitrogens with zero attached hydrogens (tertiary/aromatic N) is 2. The predicted molar refractivity (Wildman–Crippen MR) is 70.8 cm³/mol. The molecular weight excluding hydrogens is 283 g/mol. The van der Waals surface area contributed by atoms with Gasteiger partial charge >= 0.3 is 6.18 Å². The lowest BCUT2D eigenvalue weighted by Crippen LogP contribution is -2.17. The van der Waals surface area contributed by atoms with E-state index in [4.69, 9.17) is 5.73 Å². The van der Waals surface area contributed by atoms with Crippen molar-refractivity contribution in [3.05, 3.63) is 53.3 Å². The monoisotopic (exact) mass is 297 g/mol. The smallest absolute Gasteiger partial charge is 0.366 e. The van der Waals surface area contributed by atoms with Crippen molar-refractivity contribution in [1.29, 1.82) is 0 Å². The molecule has 0 fully saturated rings. The van der Waals surface area contributed by atoms with Crippen LogP contribution in [0.5, 0.6) is 0 Å². The van der Waals surface area contributed by atoms with Crippen LogP contribution in [0.25, 0.3) is 0 Å². The molecular formula is C14H14F3N3O. The Kier molecular flexibility index (Phi) is 4.02. The molecule has 0 saturated carbocycles. The van der Waals surface area contributed by atoms with E-state index in [9.17, 15) is 18.0 Å². The second-order valence-electron chi connectivity index (χ2n) is 4.80. The summed E-state index contributed by atoms with van der Waals surface area (Å²) in [6.07, 6.45) is -1.41. The van der Waals surface area contributed by atoms with Gasteiger partial charge in [-0.25, -0.2) is 0 Å². The van der Waals surface area contributed by atoms with Crippen molar-refractivity contribution in [2.45, 2.75) is 25.6 Å². The van der Waals surface area contributed by atoms with Gasteiger partial charge in [0.2, 0.25) is 0 Å². The van der Waals surface area contributed by atoms with Crippen LogP contribution in [0.2, 0.25) is 0 Å². The van der Waals surface area contributed by atoms with E-state index in [0.29, 0.717) is 6.54 Å². The number of rotatable bonds is 4. The summed E-state index contributed by atoms with van der Waals surface area (Å²) in [5, 5.41) is 3.97. The summed E-state index contributed by atoms with van der Waals surface area (Å²) >= 11 is 0. The van der Waals surface area contributed by atoms with Crippen LogP contribution in [0, 0.1) is 0 Å². The third-order valence-corrected chi connectivity index (χ3v) is 3.23. The average Bonchev–Trinajstić information content (AvgIpc) is 2.86. The lowest BCUT2D eigenvalue weighted by atomic mass is 9.99. The summed E-state index contributed by atoms with van der Waals surface area (Å²) in [6.45, 7) is 1.48. The number of primary amides is 1. The van der Waals surface area contributed by atoms with Gasteiger partial charge in [0, 0.05) is 6.20 Å². The molecule has 1 unspecified atom stereocenters. The fourth-order valence-electron chi connectivity index (χ4n) is 1.87. The SMILES string of the molecule is CC(c1ccc(Cn2cc(C(N)=O)cn2)cc1)C(F)(F)F. The van der Waals surface area contributed by atoms with Gasteiger partial charge in [0.25, 0.3) is 5.91 Å². The Labute approximate surface area is 119 Å². The molecule has 7 heteroatoms. The highest BCUT2D eigenvalue weighted by Crippen LogP contribution is 2.34. The van der Waals surface area contributed by atoms with Gasteiger partial charge in [-0.15, -0.1) is 0 Å². The van der Waals surface area contributed by atoms with Crippen molar-refractivity contribution in [3.8, 4) is 0 Å². The zero-order chi connectivity index (χ0) is 15.6. The van der Waals surface area contributed by atoms with E-state index in [1.165, 1.54) is 29.2 Å². The van der Waals surface area contributed by atoms with Gasteiger partial charge in [-0.05, 0) is 18.1 Å². The lowest BCUT2D eigenvalue weighted by Gasteiger charge is -2.16. The largest absolute Gasteiger partial charge is 0.395 e. The van der Waals surface area contributed by atoms with E-state index in [-0.39, 0.29) is 11.1 Å². The first-order valence-corrected chi connectivity index (χ1v) is 6.25. The first-order valence-electron chi connectivity index (χ1n) is 6.25. The lowest BCUT2D eigenvalue weighted by molar-refractivity contribution is -0.146. The molecule has 1 aromatic carbocycles. The Morgan fingerprint density at radius 3 is 2.43 bits per heavy atom. The molecule has 0 spiro atoms. The summed E-state index contributed by atoms with van der Waals surface area (Å²) in [5.74, 6) is -2.08. The average molecular weight is 297 g/mol. The number of hydrogen-bond acceptors (Lipinski definition) is 2. The third-order valence-electron chi connectivity index (χ3n) is 3.23. The van der Waals surface area contributed by atoms with Gasteiger partial charge in [0.05, 0.1) is 24.2 Å². The Morgan fingerprint density at radius 1 is 1.33 bits per heavy atom. The number of carbonyl (C=O) groups excluding carboxylic acids is 1. The molecule has 0 aliphatic carbocycles. The third kappa shape index (κ3) is 3.62. The number of nitrogens with two attached hydrogens (primary N) is 1. The molecule has 0 aliphatic heterocycles. The molecule has 1 heterocycles. The van der Waals surface area contributed by atoms with Crippen LogP contribution in [-0.4, -0.2) is 21.9 Å². The van der Waals surface area contributed by atoms with Gasteiger partial charge in [-0.3, -0.25) is 9.48 Å². The van der Waals surface area contributed by atoms with Crippen LogP contribution in [0.4, 0.5) is 13.2 Å². The minimum absolute atomic E-state index is 0.213. The van der Waals surface area contributed by atoms with Crippen LogP contribution < -0.4 is 5.73 Å². The van der Waals surface area contributed by atoms with E-state index in [0.717, 1.165) is 12.5 Å². The van der Waals surface area contributed by atoms with Crippen LogP contribution in [-0.2, 0) is 6.54 Å². The molecule has 0 radical (unpaired) electrons. The van der Waals surface area contributed by atoms with E-state index < -0.39 is 18.0 Å². The highest BCUT2D eigenvalue weighted by atomic mass is 19.4. The fourth-order valence-corrected chi connectivity index (χ4v) is 1.87. The van der Waals surface area contributed by atoms with Crippen molar-refractivity contribution in [1.82, 2.24) is 9.78 Å². The first kappa shape index (κ1) is 15.1. The summed E-state index contributed by atoms with van der Waals surface area (Å²) < 4.78 is 39.3. The summed E-state index contributed by atoms with van der Waals surface area (Å²) in [7, 11) is 0. The molecule has 112 valence electrons. The highest BCUT2D eigenvalue weighted by Gasteiger charge is 2.36. The maximum absolute atomic E-state index is 12.6. The molecule has 2 N–H and O–H groups in total. The Bertz CT molecular complexity index is 632. The van der Waals surface area contributed by atoms with Crippen molar-refractivity contribution < 1.29 is 18.0 Å². The van der Waals surface area contributed by atoms with Crippen LogP contribution in [0.1, 0.15) is 34.3 Å². The van der Waals surface area contributed by atoms with E-state index in [1.54, 1.807) is 12.1 Å².